The molecule has 12 heteroatoms. The first kappa shape index (κ1) is 24.3. The number of halogens is 3. The number of carbonyl (C=O) groups is 4. The summed E-state index contributed by atoms with van der Waals surface area (Å²) in [5.74, 6) is -3.40. The fourth-order valence-electron chi connectivity index (χ4n) is 3.70. The molecule has 0 bridgehead atoms. The van der Waals surface area contributed by atoms with Crippen LogP contribution in [0.25, 0.3) is 0 Å². The van der Waals surface area contributed by atoms with E-state index in [2.05, 4.69) is 0 Å². The van der Waals surface area contributed by atoms with Gasteiger partial charge in [-0.1, -0.05) is 36.4 Å². The molecule has 1 amide bonds. The molecule has 0 saturated heterocycles. The molecule has 0 saturated carbocycles. The summed E-state index contributed by atoms with van der Waals surface area (Å²) in [4.78, 5) is 60.4. The summed E-state index contributed by atoms with van der Waals surface area (Å²) < 4.78 is 44.8. The third-order valence-corrected chi connectivity index (χ3v) is 5.30. The number of nitro groups is 1. The number of benzene rings is 3. The van der Waals surface area contributed by atoms with Crippen LogP contribution in [0.4, 0.5) is 24.5 Å². The summed E-state index contributed by atoms with van der Waals surface area (Å²) >= 11 is 0. The zero-order valence-electron chi connectivity index (χ0n) is 17.9. The van der Waals surface area contributed by atoms with Crippen molar-refractivity contribution < 1.29 is 42.0 Å². The van der Waals surface area contributed by atoms with Crippen molar-refractivity contribution in [2.45, 2.75) is 6.18 Å². The molecular weight excluding hydrogens is 485 g/mol. The Hall–Kier alpha value is -4.87. The lowest BCUT2D eigenvalue weighted by Crippen LogP contribution is -2.26. The van der Waals surface area contributed by atoms with Gasteiger partial charge in [-0.25, -0.2) is 4.79 Å². The molecule has 9 nitrogen and oxygen atoms in total. The predicted molar refractivity (Wildman–Crippen MR) is 117 cm³/mol. The minimum atomic E-state index is -5.02. The van der Waals surface area contributed by atoms with Crippen molar-refractivity contribution in [2.24, 2.45) is 0 Å². The number of esters is 1. The van der Waals surface area contributed by atoms with Gasteiger partial charge in [0, 0.05) is 34.4 Å². The minimum absolute atomic E-state index is 0.0294. The highest BCUT2D eigenvalue weighted by Crippen LogP contribution is 2.37. The summed E-state index contributed by atoms with van der Waals surface area (Å²) in [6.07, 6.45) is -5.02. The van der Waals surface area contributed by atoms with Crippen LogP contribution in [0.3, 0.4) is 0 Å². The van der Waals surface area contributed by atoms with Crippen LogP contribution >= 0.6 is 0 Å². The molecule has 1 aliphatic carbocycles. The summed E-state index contributed by atoms with van der Waals surface area (Å²) in [6, 6.07) is 11.7. The number of nitro benzene ring substituents is 1. The molecule has 0 spiro atoms. The van der Waals surface area contributed by atoms with Gasteiger partial charge in [0.05, 0.1) is 21.7 Å². The van der Waals surface area contributed by atoms with E-state index in [4.69, 9.17) is 4.74 Å². The lowest BCUT2D eigenvalue weighted by atomic mass is 9.82. The average Bonchev–Trinajstić information content (AvgIpc) is 2.84. The highest BCUT2D eigenvalue weighted by molar-refractivity contribution is 6.30. The van der Waals surface area contributed by atoms with E-state index >= 15 is 0 Å². The quantitative estimate of drug-likeness (QED) is 0.248. The third-order valence-electron chi connectivity index (χ3n) is 5.30. The van der Waals surface area contributed by atoms with Crippen LogP contribution in [0.15, 0.2) is 60.7 Å². The van der Waals surface area contributed by atoms with Crippen LogP contribution in [0.5, 0.6) is 0 Å². The number of hydrogen-bond donors (Lipinski definition) is 1. The Morgan fingerprint density at radius 3 is 2.19 bits per heavy atom. The first-order chi connectivity index (χ1) is 17.0. The van der Waals surface area contributed by atoms with Gasteiger partial charge in [0.1, 0.15) is 0 Å². The molecule has 4 rings (SSSR count). The summed E-state index contributed by atoms with van der Waals surface area (Å²) in [7, 11) is 0. The molecule has 0 heterocycles. The Morgan fingerprint density at radius 2 is 1.56 bits per heavy atom. The fourth-order valence-corrected chi connectivity index (χ4v) is 3.70. The number of non-ortho nitro benzene ring substituents is 1. The molecule has 3 aromatic rings. The highest BCUT2D eigenvalue weighted by Gasteiger charge is 2.36. The van der Waals surface area contributed by atoms with Crippen molar-refractivity contribution in [1.29, 1.82) is 0 Å². The number of carbonyl (C=O) groups excluding carboxylic acids is 4. The van der Waals surface area contributed by atoms with E-state index in [0.717, 1.165) is 6.07 Å². The molecule has 0 atom stereocenters. The Balaban J connectivity index is 1.53. The number of nitrogens with one attached hydrogen (secondary N) is 1. The minimum Gasteiger partial charge on any atom is -0.452 e. The SMILES string of the molecule is O=C(COC(=O)c1cccc2c1C(=O)c1ccccc1C2=O)Nc1ccc([N+](=O)[O-])cc1C(F)(F)F. The number of anilines is 1. The van der Waals surface area contributed by atoms with E-state index in [1.165, 1.54) is 30.3 Å². The van der Waals surface area contributed by atoms with Crippen LogP contribution < -0.4 is 5.32 Å². The van der Waals surface area contributed by atoms with Gasteiger partial charge >= 0.3 is 12.1 Å². The second-order valence-electron chi connectivity index (χ2n) is 7.54. The molecule has 1 N–H and O–H groups in total. The van der Waals surface area contributed by atoms with Crippen LogP contribution in [-0.2, 0) is 15.7 Å². The number of ketones is 2. The zero-order valence-corrected chi connectivity index (χ0v) is 17.9. The largest absolute Gasteiger partial charge is 0.452 e. The number of ether oxygens (including phenoxy) is 1. The maximum absolute atomic E-state index is 13.3. The van der Waals surface area contributed by atoms with Gasteiger partial charge in [-0.05, 0) is 12.1 Å². The smallest absolute Gasteiger partial charge is 0.418 e. The Kier molecular flexibility index (Phi) is 6.10. The van der Waals surface area contributed by atoms with E-state index in [1.807, 2.05) is 5.32 Å². The summed E-state index contributed by atoms with van der Waals surface area (Å²) in [5, 5.41) is 12.7. The van der Waals surface area contributed by atoms with Crippen molar-refractivity contribution in [3.8, 4) is 0 Å². The van der Waals surface area contributed by atoms with Crippen LogP contribution in [0.1, 0.15) is 47.8 Å². The van der Waals surface area contributed by atoms with Gasteiger partial charge in [-0.15, -0.1) is 0 Å². The van der Waals surface area contributed by atoms with E-state index < -0.39 is 58.1 Å². The second kappa shape index (κ2) is 9.06. The topological polar surface area (TPSA) is 133 Å². The molecule has 0 fully saturated rings. The maximum atomic E-state index is 13.3. The van der Waals surface area contributed by atoms with Gasteiger partial charge in [0.25, 0.3) is 11.6 Å². The Bertz CT molecular complexity index is 1460. The Labute approximate surface area is 199 Å². The number of hydrogen-bond acceptors (Lipinski definition) is 7. The third kappa shape index (κ3) is 4.43. The first-order valence-electron chi connectivity index (χ1n) is 10.1. The van der Waals surface area contributed by atoms with Crippen LogP contribution in [0.2, 0.25) is 0 Å². The molecule has 182 valence electrons. The van der Waals surface area contributed by atoms with Gasteiger partial charge in [-0.2, -0.15) is 13.2 Å². The molecular formula is C24H13F3N2O7. The lowest BCUT2D eigenvalue weighted by molar-refractivity contribution is -0.385. The molecule has 0 radical (unpaired) electrons. The van der Waals surface area contributed by atoms with Gasteiger partial charge in [0.15, 0.2) is 18.2 Å². The standard InChI is InChI=1S/C24H13F3N2O7/c25-24(26,27)17-10-12(29(34)35)8-9-18(17)28-19(30)11-36-23(33)16-7-3-6-15-20(16)22(32)14-5-2-1-4-13(14)21(15)31/h1-10H,11H2,(H,28,30). The van der Waals surface area contributed by atoms with Crippen LogP contribution in [0, 0.1) is 10.1 Å². The van der Waals surface area contributed by atoms with E-state index in [9.17, 15) is 42.5 Å². The Morgan fingerprint density at radius 1 is 0.917 bits per heavy atom. The molecule has 3 aromatic carbocycles. The summed E-state index contributed by atoms with van der Waals surface area (Å²) in [6.45, 7) is -1.03. The lowest BCUT2D eigenvalue weighted by Gasteiger charge is -2.19. The van der Waals surface area contributed by atoms with Crippen molar-refractivity contribution in [3.05, 3.63) is 104 Å². The molecule has 0 unspecified atom stereocenters. The second-order valence-corrected chi connectivity index (χ2v) is 7.54. The molecule has 1 aliphatic rings. The fraction of sp³-hybridized carbons (Fsp3) is 0.0833. The first-order valence-corrected chi connectivity index (χ1v) is 10.1. The van der Waals surface area contributed by atoms with Gasteiger partial charge in [0.2, 0.25) is 0 Å². The number of alkyl halides is 3. The zero-order chi connectivity index (χ0) is 26.2. The highest BCUT2D eigenvalue weighted by atomic mass is 19.4. The predicted octanol–water partition coefficient (Wildman–Crippen LogP) is 4.18. The monoisotopic (exact) mass is 498 g/mol. The van der Waals surface area contributed by atoms with Crippen LogP contribution in [-0.4, -0.2) is 35.0 Å². The number of nitrogens with zero attached hydrogens (tertiary/aromatic N) is 1. The van der Waals surface area contributed by atoms with Crippen molar-refractivity contribution in [3.63, 3.8) is 0 Å². The van der Waals surface area contributed by atoms with E-state index in [1.54, 1.807) is 12.1 Å². The van der Waals surface area contributed by atoms with Crippen molar-refractivity contribution in [1.82, 2.24) is 0 Å². The molecule has 0 aliphatic heterocycles. The number of fused-ring (bicyclic) bond motifs is 2. The molecule has 36 heavy (non-hydrogen) atoms. The van der Waals surface area contributed by atoms with E-state index in [0.29, 0.717) is 6.07 Å². The normalized spacial score (nSPS) is 12.4. The van der Waals surface area contributed by atoms with E-state index in [-0.39, 0.29) is 33.9 Å². The van der Waals surface area contributed by atoms with Crippen molar-refractivity contribution in [2.75, 3.05) is 11.9 Å². The number of amides is 1. The molecule has 0 aromatic heterocycles. The van der Waals surface area contributed by atoms with Gasteiger partial charge < -0.3 is 10.1 Å². The number of rotatable bonds is 5. The van der Waals surface area contributed by atoms with Crippen molar-refractivity contribution >= 4 is 34.8 Å². The average molecular weight is 498 g/mol. The van der Waals surface area contributed by atoms with Gasteiger partial charge in [-0.3, -0.25) is 24.5 Å². The summed E-state index contributed by atoms with van der Waals surface area (Å²) in [5.41, 5.74) is -3.34. The maximum Gasteiger partial charge on any atom is 0.418 e.